The number of rotatable bonds is 6. The van der Waals surface area contributed by atoms with Crippen LogP contribution in [0.4, 0.5) is 9.18 Å². The van der Waals surface area contributed by atoms with Gasteiger partial charge in [-0.1, -0.05) is 0 Å². The second-order valence-corrected chi connectivity index (χ2v) is 11.2. The van der Waals surface area contributed by atoms with Crippen LogP contribution in [0.3, 0.4) is 0 Å². The van der Waals surface area contributed by atoms with Crippen LogP contribution in [0.15, 0.2) is 12.1 Å². The van der Waals surface area contributed by atoms with Gasteiger partial charge in [-0.2, -0.15) is 0 Å². The van der Waals surface area contributed by atoms with Gasteiger partial charge in [0.2, 0.25) is 0 Å². The summed E-state index contributed by atoms with van der Waals surface area (Å²) < 4.78 is 31.5. The Labute approximate surface area is 196 Å². The van der Waals surface area contributed by atoms with Crippen LogP contribution in [-0.4, -0.2) is 47.9 Å². The van der Waals surface area contributed by atoms with Crippen molar-refractivity contribution in [3.63, 3.8) is 0 Å². The van der Waals surface area contributed by atoms with E-state index in [4.69, 9.17) is 14.2 Å². The molecule has 0 aromatic heterocycles. The molecule has 3 rings (SSSR count). The lowest BCUT2D eigenvalue weighted by Crippen LogP contribution is -2.41. The van der Waals surface area contributed by atoms with Crippen LogP contribution in [0.2, 0.25) is 0 Å². The van der Waals surface area contributed by atoms with E-state index in [-0.39, 0.29) is 11.7 Å². The van der Waals surface area contributed by atoms with Crippen molar-refractivity contribution in [2.45, 2.75) is 90.8 Å². The van der Waals surface area contributed by atoms with Gasteiger partial charge in [-0.05, 0) is 97.1 Å². The molecule has 0 spiro atoms. The Morgan fingerprint density at radius 3 is 2.12 bits per heavy atom. The van der Waals surface area contributed by atoms with Gasteiger partial charge >= 0.3 is 12.1 Å². The van der Waals surface area contributed by atoms with Gasteiger partial charge in [-0.25, -0.2) is 14.0 Å². The predicted octanol–water partition coefficient (Wildman–Crippen LogP) is 6.07. The molecule has 1 heterocycles. The Kier molecular flexibility index (Phi) is 7.59. The monoisotopic (exact) mass is 463 g/mol. The summed E-state index contributed by atoms with van der Waals surface area (Å²) in [6, 6.07) is 2.94. The lowest BCUT2D eigenvalue weighted by Gasteiger charge is -2.33. The van der Waals surface area contributed by atoms with Crippen LogP contribution in [0.5, 0.6) is 5.75 Å². The number of likely N-dealkylation sites (tertiary alicyclic amines) is 1. The fourth-order valence-corrected chi connectivity index (χ4v) is 3.97. The predicted molar refractivity (Wildman–Crippen MR) is 124 cm³/mol. The molecule has 33 heavy (non-hydrogen) atoms. The lowest BCUT2D eigenvalue weighted by molar-refractivity contribution is 0.00635. The van der Waals surface area contributed by atoms with Crippen LogP contribution < -0.4 is 4.74 Å². The molecule has 1 saturated heterocycles. The number of carbonyl (C=O) groups excluding carboxylic acids is 2. The normalized spacial score (nSPS) is 17.6. The highest BCUT2D eigenvalue weighted by Gasteiger charge is 2.31. The molecule has 1 aromatic rings. The van der Waals surface area contributed by atoms with Crippen molar-refractivity contribution in [1.29, 1.82) is 0 Å². The first-order valence-corrected chi connectivity index (χ1v) is 12.0. The highest BCUT2D eigenvalue weighted by Crippen LogP contribution is 2.45. The Morgan fingerprint density at radius 2 is 1.58 bits per heavy atom. The smallest absolute Gasteiger partial charge is 0.410 e. The largest absolute Gasteiger partial charge is 0.493 e. The fourth-order valence-electron chi connectivity index (χ4n) is 3.97. The molecule has 1 aliphatic carbocycles. The maximum Gasteiger partial charge on any atom is 0.410 e. The summed E-state index contributed by atoms with van der Waals surface area (Å²) in [6.07, 6.45) is 4.39. The van der Waals surface area contributed by atoms with E-state index in [1.165, 1.54) is 6.07 Å². The number of benzene rings is 1. The molecule has 0 atom stereocenters. The van der Waals surface area contributed by atoms with Crippen LogP contribution in [0.25, 0.3) is 0 Å². The maximum atomic E-state index is 14.7. The summed E-state index contributed by atoms with van der Waals surface area (Å²) in [5.41, 5.74) is -0.321. The van der Waals surface area contributed by atoms with E-state index in [0.29, 0.717) is 37.3 Å². The van der Waals surface area contributed by atoms with Gasteiger partial charge in [0, 0.05) is 19.2 Å². The molecular formula is C26H38FNO5. The Hall–Kier alpha value is -2.31. The van der Waals surface area contributed by atoms with E-state index in [1.54, 1.807) is 31.7 Å². The summed E-state index contributed by atoms with van der Waals surface area (Å²) in [5, 5.41) is 0. The third-order valence-electron chi connectivity index (χ3n) is 5.79. The van der Waals surface area contributed by atoms with Gasteiger partial charge in [0.15, 0.2) is 0 Å². The Morgan fingerprint density at radius 1 is 0.970 bits per heavy atom. The molecule has 1 aromatic carbocycles. The first kappa shape index (κ1) is 25.3. The molecule has 6 nitrogen and oxygen atoms in total. The molecule has 0 N–H and O–H groups in total. The maximum absolute atomic E-state index is 14.7. The number of hydrogen-bond donors (Lipinski definition) is 0. The first-order valence-electron chi connectivity index (χ1n) is 12.0. The Balaban J connectivity index is 1.54. The number of ether oxygens (including phenoxy) is 3. The highest BCUT2D eigenvalue weighted by atomic mass is 19.1. The quantitative estimate of drug-likeness (QED) is 0.479. The summed E-state index contributed by atoms with van der Waals surface area (Å²) in [6.45, 7) is 12.7. The SMILES string of the molecule is CC(C)(C)OC(=O)c1cc(C2CC2)c(OCCC2CCN(C(=O)OC(C)(C)C)CC2)cc1F. The van der Waals surface area contributed by atoms with Crippen molar-refractivity contribution >= 4 is 12.1 Å². The van der Waals surface area contributed by atoms with Gasteiger partial charge in [0.05, 0.1) is 12.2 Å². The molecule has 1 amide bonds. The average Bonchev–Trinajstić information content (AvgIpc) is 3.51. The summed E-state index contributed by atoms with van der Waals surface area (Å²) in [7, 11) is 0. The van der Waals surface area contributed by atoms with E-state index in [2.05, 4.69) is 0 Å². The van der Waals surface area contributed by atoms with Gasteiger partial charge < -0.3 is 19.1 Å². The van der Waals surface area contributed by atoms with Gasteiger partial charge in [0.25, 0.3) is 0 Å². The second kappa shape index (κ2) is 9.90. The van der Waals surface area contributed by atoms with Crippen LogP contribution in [0.1, 0.15) is 95.5 Å². The highest BCUT2D eigenvalue weighted by molar-refractivity contribution is 5.90. The number of halogens is 1. The molecule has 2 aliphatic rings. The molecule has 0 radical (unpaired) electrons. The third-order valence-corrected chi connectivity index (χ3v) is 5.79. The summed E-state index contributed by atoms with van der Waals surface area (Å²) in [4.78, 5) is 26.4. The third kappa shape index (κ3) is 7.61. The topological polar surface area (TPSA) is 65.1 Å². The van der Waals surface area contributed by atoms with Crippen molar-refractivity contribution in [1.82, 2.24) is 4.90 Å². The number of piperidine rings is 1. The summed E-state index contributed by atoms with van der Waals surface area (Å²) in [5.74, 6) is 0.00538. The lowest BCUT2D eigenvalue weighted by atomic mass is 9.94. The minimum atomic E-state index is -0.683. The van der Waals surface area contributed by atoms with Gasteiger partial charge in [-0.3, -0.25) is 0 Å². The molecule has 1 aliphatic heterocycles. The van der Waals surface area contributed by atoms with E-state index in [1.807, 2.05) is 20.8 Å². The van der Waals surface area contributed by atoms with Crippen LogP contribution in [-0.2, 0) is 9.47 Å². The first-order chi connectivity index (χ1) is 15.3. The Bertz CT molecular complexity index is 859. The van der Waals surface area contributed by atoms with E-state index in [9.17, 15) is 14.0 Å². The number of nitrogens with zero attached hydrogens (tertiary/aromatic N) is 1. The number of carbonyl (C=O) groups is 2. The zero-order valence-corrected chi connectivity index (χ0v) is 20.8. The van der Waals surface area contributed by atoms with E-state index in [0.717, 1.165) is 37.7 Å². The number of esters is 1. The molecule has 1 saturated carbocycles. The molecule has 184 valence electrons. The van der Waals surface area contributed by atoms with Crippen molar-refractivity contribution in [2.24, 2.45) is 5.92 Å². The van der Waals surface area contributed by atoms with Gasteiger partial charge in [0.1, 0.15) is 22.8 Å². The minimum Gasteiger partial charge on any atom is -0.493 e. The van der Waals surface area contributed by atoms with Crippen molar-refractivity contribution in [2.75, 3.05) is 19.7 Å². The van der Waals surface area contributed by atoms with E-state index >= 15 is 0 Å². The second-order valence-electron chi connectivity index (χ2n) is 11.2. The molecular weight excluding hydrogens is 425 g/mol. The molecule has 0 bridgehead atoms. The average molecular weight is 464 g/mol. The number of hydrogen-bond acceptors (Lipinski definition) is 5. The van der Waals surface area contributed by atoms with Crippen molar-refractivity contribution in [3.8, 4) is 5.75 Å². The number of amides is 1. The summed E-state index contributed by atoms with van der Waals surface area (Å²) >= 11 is 0. The van der Waals surface area contributed by atoms with Gasteiger partial charge in [-0.15, -0.1) is 0 Å². The fraction of sp³-hybridized carbons (Fsp3) is 0.692. The van der Waals surface area contributed by atoms with Crippen LogP contribution >= 0.6 is 0 Å². The zero-order chi connectivity index (χ0) is 24.4. The standard InChI is InChI=1S/C26H38FNO5/c1-25(2,3)32-23(29)20-15-19(18-7-8-18)22(16-21(20)27)31-14-11-17-9-12-28(13-10-17)24(30)33-26(4,5)6/h15-18H,7-14H2,1-6H3. The molecule has 7 heteroatoms. The molecule has 2 fully saturated rings. The van der Waals surface area contributed by atoms with Crippen LogP contribution in [0, 0.1) is 11.7 Å². The zero-order valence-electron chi connectivity index (χ0n) is 20.8. The van der Waals surface area contributed by atoms with E-state index < -0.39 is 23.0 Å². The molecule has 0 unspecified atom stereocenters. The minimum absolute atomic E-state index is 0.0336. The van der Waals surface area contributed by atoms with Crippen molar-refractivity contribution in [3.05, 3.63) is 29.1 Å². The van der Waals surface area contributed by atoms with Crippen molar-refractivity contribution < 1.29 is 28.2 Å².